The van der Waals surface area contributed by atoms with Crippen LogP contribution in [0.3, 0.4) is 0 Å². The van der Waals surface area contributed by atoms with Gasteiger partial charge in [-0.05, 0) is 50.2 Å². The highest BCUT2D eigenvalue weighted by molar-refractivity contribution is 9.09. The molecule has 3 atom stereocenters. The Bertz CT molecular complexity index is 865. The summed E-state index contributed by atoms with van der Waals surface area (Å²) in [6, 6.07) is 24.3. The highest BCUT2D eigenvalue weighted by Crippen LogP contribution is 2.51. The Kier molecular flexibility index (Phi) is 8.24. The van der Waals surface area contributed by atoms with E-state index in [0.717, 1.165) is 32.4 Å². The Morgan fingerprint density at radius 1 is 0.970 bits per heavy atom. The predicted octanol–water partition coefficient (Wildman–Crippen LogP) is 6.18. The van der Waals surface area contributed by atoms with Gasteiger partial charge >= 0.3 is 0 Å². The van der Waals surface area contributed by atoms with Crippen molar-refractivity contribution in [2.75, 3.05) is 26.3 Å². The predicted molar refractivity (Wildman–Crippen MR) is 135 cm³/mol. The maximum absolute atomic E-state index is 10.3. The molecule has 0 spiro atoms. The zero-order valence-corrected chi connectivity index (χ0v) is 21.3. The lowest BCUT2D eigenvalue weighted by molar-refractivity contribution is -0.176. The summed E-state index contributed by atoms with van der Waals surface area (Å²) in [6.45, 7) is 6.97. The van der Waals surface area contributed by atoms with Crippen LogP contribution in [0.25, 0.3) is 0 Å². The van der Waals surface area contributed by atoms with Crippen LogP contribution in [0, 0.1) is 28.6 Å². The van der Waals surface area contributed by atoms with Crippen molar-refractivity contribution < 1.29 is 9.47 Å². The lowest BCUT2D eigenvalue weighted by Gasteiger charge is -2.55. The van der Waals surface area contributed by atoms with Crippen LogP contribution < -0.4 is 0 Å². The van der Waals surface area contributed by atoms with E-state index in [1.807, 2.05) is 13.8 Å². The summed E-state index contributed by atoms with van der Waals surface area (Å²) in [7, 11) is 0. The molecule has 2 aromatic rings. The highest BCUT2D eigenvalue weighted by atomic mass is 79.9. The largest absolute Gasteiger partial charge is 0.353 e. The van der Waals surface area contributed by atoms with E-state index in [-0.39, 0.29) is 17.7 Å². The molecule has 4 rings (SSSR count). The summed E-state index contributed by atoms with van der Waals surface area (Å²) in [4.78, 5) is 2.77. The second-order valence-electron chi connectivity index (χ2n) is 9.37. The van der Waals surface area contributed by atoms with Gasteiger partial charge in [0.2, 0.25) is 0 Å². The molecule has 5 heteroatoms. The number of likely N-dealkylation sites (tertiary alicyclic amines) is 1. The number of alkyl halides is 1. The molecule has 2 aromatic carbocycles. The first-order valence-electron chi connectivity index (χ1n) is 12.2. The third-order valence-electron chi connectivity index (χ3n) is 7.36. The monoisotopic (exact) mass is 510 g/mol. The SMILES string of the molecule is CCOC(OCC)C1CCC(C2(C#N)CN(C(c3ccccc3)c3ccccc3)C2)C(Br)C1. The van der Waals surface area contributed by atoms with Crippen molar-refractivity contribution in [3.63, 3.8) is 0 Å². The number of rotatable bonds is 9. The van der Waals surface area contributed by atoms with Gasteiger partial charge in [-0.1, -0.05) is 76.6 Å². The molecule has 0 radical (unpaired) electrons. The zero-order chi connectivity index (χ0) is 23.3. The van der Waals surface area contributed by atoms with E-state index in [0.29, 0.717) is 29.9 Å². The lowest BCUT2D eigenvalue weighted by atomic mass is 9.62. The van der Waals surface area contributed by atoms with Crippen LogP contribution in [0.5, 0.6) is 0 Å². The van der Waals surface area contributed by atoms with Crippen molar-refractivity contribution in [3.05, 3.63) is 71.8 Å². The van der Waals surface area contributed by atoms with Crippen molar-refractivity contribution >= 4 is 15.9 Å². The summed E-state index contributed by atoms with van der Waals surface area (Å²) in [5.74, 6) is 0.713. The summed E-state index contributed by atoms with van der Waals surface area (Å²) in [5.41, 5.74) is 2.25. The average molecular weight is 512 g/mol. The van der Waals surface area contributed by atoms with E-state index in [9.17, 15) is 5.26 Å². The van der Waals surface area contributed by atoms with Crippen LogP contribution in [0.4, 0.5) is 0 Å². The van der Waals surface area contributed by atoms with Gasteiger partial charge in [0, 0.05) is 37.0 Å². The van der Waals surface area contributed by atoms with Crippen LogP contribution in [0.15, 0.2) is 60.7 Å². The van der Waals surface area contributed by atoms with Crippen molar-refractivity contribution in [1.29, 1.82) is 5.26 Å². The van der Waals surface area contributed by atoms with Gasteiger partial charge in [-0.3, -0.25) is 4.90 Å². The summed E-state index contributed by atoms with van der Waals surface area (Å²) in [6.07, 6.45) is 2.92. The fourth-order valence-electron chi connectivity index (χ4n) is 5.80. The third kappa shape index (κ3) is 5.20. The van der Waals surface area contributed by atoms with Crippen LogP contribution in [0.1, 0.15) is 50.3 Å². The average Bonchev–Trinajstić information content (AvgIpc) is 2.82. The van der Waals surface area contributed by atoms with Gasteiger partial charge in [0.15, 0.2) is 6.29 Å². The number of nitriles is 1. The first kappa shape index (κ1) is 24.4. The minimum absolute atomic E-state index is 0.141. The van der Waals surface area contributed by atoms with E-state index >= 15 is 0 Å². The number of nitrogens with zero attached hydrogens (tertiary/aromatic N) is 2. The maximum atomic E-state index is 10.3. The molecule has 4 nitrogen and oxygen atoms in total. The Morgan fingerprint density at radius 3 is 1.97 bits per heavy atom. The fourth-order valence-corrected chi connectivity index (χ4v) is 7.05. The molecule has 33 heavy (non-hydrogen) atoms. The number of ether oxygens (including phenoxy) is 2. The normalized spacial score (nSPS) is 25.0. The maximum Gasteiger partial charge on any atom is 0.160 e. The molecule has 1 heterocycles. The second kappa shape index (κ2) is 11.1. The number of hydrogen-bond acceptors (Lipinski definition) is 4. The molecular weight excluding hydrogens is 476 g/mol. The first-order valence-corrected chi connectivity index (χ1v) is 13.2. The van der Waals surface area contributed by atoms with Crippen molar-refractivity contribution in [2.24, 2.45) is 17.3 Å². The molecule has 0 N–H and O–H groups in total. The minimum Gasteiger partial charge on any atom is -0.353 e. The summed E-state index contributed by atoms with van der Waals surface area (Å²) >= 11 is 3.98. The van der Waals surface area contributed by atoms with E-state index in [2.05, 4.69) is 87.6 Å². The van der Waals surface area contributed by atoms with E-state index in [1.165, 1.54) is 11.1 Å². The van der Waals surface area contributed by atoms with Crippen molar-refractivity contribution in [2.45, 2.75) is 50.3 Å². The van der Waals surface area contributed by atoms with Gasteiger partial charge in [0.1, 0.15) is 0 Å². The van der Waals surface area contributed by atoms with Crippen molar-refractivity contribution in [1.82, 2.24) is 4.90 Å². The Labute approximate surface area is 207 Å². The topological polar surface area (TPSA) is 45.5 Å². The molecule has 0 amide bonds. The quantitative estimate of drug-likeness (QED) is 0.298. The van der Waals surface area contributed by atoms with Gasteiger partial charge in [0.25, 0.3) is 0 Å². The van der Waals surface area contributed by atoms with Crippen molar-refractivity contribution in [3.8, 4) is 6.07 Å². The Morgan fingerprint density at radius 2 is 1.52 bits per heavy atom. The van der Waals surface area contributed by atoms with Gasteiger partial charge in [0.05, 0.1) is 17.5 Å². The molecule has 0 bridgehead atoms. The van der Waals surface area contributed by atoms with E-state index < -0.39 is 0 Å². The van der Waals surface area contributed by atoms with Gasteiger partial charge in [-0.25, -0.2) is 0 Å². The zero-order valence-electron chi connectivity index (χ0n) is 19.7. The molecule has 176 valence electrons. The molecular formula is C28H35BrN2O2. The van der Waals surface area contributed by atoms with Gasteiger partial charge in [-0.15, -0.1) is 0 Å². The van der Waals surface area contributed by atoms with Crippen LogP contribution >= 0.6 is 15.9 Å². The van der Waals surface area contributed by atoms with Gasteiger partial charge < -0.3 is 9.47 Å². The minimum atomic E-state index is -0.312. The first-order chi connectivity index (χ1) is 16.1. The standard InChI is InChI=1S/C28H35BrN2O2/c1-3-32-27(33-4-2)23-15-16-24(25(29)17-23)28(18-30)19-31(20-28)26(21-11-7-5-8-12-21)22-13-9-6-10-14-22/h5-14,23-27H,3-4,15-17,19-20H2,1-2H3. The van der Waals surface area contributed by atoms with Gasteiger partial charge in [-0.2, -0.15) is 5.26 Å². The highest BCUT2D eigenvalue weighted by Gasteiger charge is 2.54. The number of halogens is 1. The molecule has 2 fully saturated rings. The Hall–Kier alpha value is -1.71. The number of hydrogen-bond donors (Lipinski definition) is 0. The molecule has 3 unspecified atom stereocenters. The fraction of sp³-hybridized carbons (Fsp3) is 0.536. The van der Waals surface area contributed by atoms with E-state index in [4.69, 9.17) is 9.47 Å². The smallest absolute Gasteiger partial charge is 0.160 e. The van der Waals surface area contributed by atoms with Crippen LogP contribution in [0.2, 0.25) is 0 Å². The molecule has 1 aliphatic carbocycles. The number of benzene rings is 2. The van der Waals surface area contributed by atoms with Crippen LogP contribution in [-0.2, 0) is 9.47 Å². The summed E-state index contributed by atoms with van der Waals surface area (Å²) < 4.78 is 11.8. The van der Waals surface area contributed by atoms with Crippen LogP contribution in [-0.4, -0.2) is 42.3 Å². The second-order valence-corrected chi connectivity index (χ2v) is 10.5. The molecule has 1 saturated carbocycles. The molecule has 2 aliphatic rings. The molecule has 1 saturated heterocycles. The molecule has 0 aromatic heterocycles. The summed E-state index contributed by atoms with van der Waals surface area (Å²) in [5, 5.41) is 10.3. The Balaban J connectivity index is 1.48. The lowest BCUT2D eigenvalue weighted by Crippen LogP contribution is -2.62. The molecule has 1 aliphatic heterocycles. The third-order valence-corrected chi connectivity index (χ3v) is 8.37. The van der Waals surface area contributed by atoms with E-state index in [1.54, 1.807) is 0 Å².